The van der Waals surface area contributed by atoms with E-state index < -0.39 is 0 Å². The fourth-order valence-corrected chi connectivity index (χ4v) is 3.59. The van der Waals surface area contributed by atoms with Gasteiger partial charge in [0.2, 0.25) is 5.91 Å². The summed E-state index contributed by atoms with van der Waals surface area (Å²) >= 11 is 0. The third-order valence-electron chi connectivity index (χ3n) is 5.59. The first-order chi connectivity index (χ1) is 13.0. The Kier molecular flexibility index (Phi) is 6.17. The number of para-hydroxylation sites is 1. The second-order valence-corrected chi connectivity index (χ2v) is 7.73. The molecular weight excluding hydrogens is 336 g/mol. The summed E-state index contributed by atoms with van der Waals surface area (Å²) in [4.78, 5) is 14.9. The molecule has 2 aromatic rings. The van der Waals surface area contributed by atoms with E-state index in [1.54, 1.807) is 7.11 Å². The molecule has 0 aromatic heterocycles. The van der Waals surface area contributed by atoms with Crippen LogP contribution in [0, 0.1) is 5.92 Å². The predicted molar refractivity (Wildman–Crippen MR) is 110 cm³/mol. The summed E-state index contributed by atoms with van der Waals surface area (Å²) in [7, 11) is 1.66. The molecule has 2 aromatic carbocycles. The summed E-state index contributed by atoms with van der Waals surface area (Å²) < 4.78 is 5.36. The van der Waals surface area contributed by atoms with Crippen molar-refractivity contribution in [1.82, 2.24) is 4.90 Å². The molecule has 0 saturated carbocycles. The number of hydrogen-bond acceptors (Lipinski definition) is 3. The Bertz CT molecular complexity index is 801. The van der Waals surface area contributed by atoms with Crippen LogP contribution in [0.25, 0.3) is 0 Å². The van der Waals surface area contributed by atoms with Gasteiger partial charge < -0.3 is 10.1 Å². The van der Waals surface area contributed by atoms with Crippen LogP contribution >= 0.6 is 0 Å². The molecule has 1 aliphatic heterocycles. The summed E-state index contributed by atoms with van der Waals surface area (Å²) in [5.41, 5.74) is 4.64. The Morgan fingerprint density at radius 3 is 2.59 bits per heavy atom. The molecule has 1 amide bonds. The Hall–Kier alpha value is -2.33. The van der Waals surface area contributed by atoms with Gasteiger partial charge in [0.1, 0.15) is 5.75 Å². The van der Waals surface area contributed by atoms with Gasteiger partial charge >= 0.3 is 0 Å². The van der Waals surface area contributed by atoms with Gasteiger partial charge in [-0.3, -0.25) is 9.69 Å². The summed E-state index contributed by atoms with van der Waals surface area (Å²) in [6.07, 6.45) is 1.11. The Balaban J connectivity index is 1.58. The van der Waals surface area contributed by atoms with Crippen LogP contribution in [0.15, 0.2) is 42.5 Å². The molecule has 0 spiro atoms. The van der Waals surface area contributed by atoms with Gasteiger partial charge in [-0.1, -0.05) is 38.1 Å². The Morgan fingerprint density at radius 1 is 1.11 bits per heavy atom. The number of carbonyl (C=O) groups is 1. The maximum atomic E-state index is 12.4. The zero-order valence-electron chi connectivity index (χ0n) is 16.8. The minimum Gasteiger partial charge on any atom is -0.496 e. The average Bonchev–Trinajstić information content (AvgIpc) is 3.09. The molecule has 4 nitrogen and oxygen atoms in total. The fourth-order valence-electron chi connectivity index (χ4n) is 3.59. The number of nitrogens with zero attached hydrogens (tertiary/aromatic N) is 1. The van der Waals surface area contributed by atoms with E-state index in [4.69, 9.17) is 4.74 Å². The highest BCUT2D eigenvalue weighted by Crippen LogP contribution is 2.29. The molecule has 4 heteroatoms. The van der Waals surface area contributed by atoms with Crippen molar-refractivity contribution in [3.05, 3.63) is 59.2 Å². The van der Waals surface area contributed by atoms with E-state index in [0.29, 0.717) is 24.8 Å². The number of benzene rings is 2. The number of fused-ring (bicyclic) bond motifs is 1. The zero-order valence-corrected chi connectivity index (χ0v) is 16.8. The van der Waals surface area contributed by atoms with Crippen LogP contribution in [0.5, 0.6) is 5.75 Å². The molecule has 0 aliphatic carbocycles. The van der Waals surface area contributed by atoms with Crippen molar-refractivity contribution in [2.24, 2.45) is 5.92 Å². The topological polar surface area (TPSA) is 41.6 Å². The number of hydrogen-bond donors (Lipinski definition) is 1. The van der Waals surface area contributed by atoms with Crippen molar-refractivity contribution < 1.29 is 9.53 Å². The van der Waals surface area contributed by atoms with Gasteiger partial charge in [-0.2, -0.15) is 0 Å². The molecule has 0 saturated heterocycles. The van der Waals surface area contributed by atoms with E-state index >= 15 is 0 Å². The van der Waals surface area contributed by atoms with Crippen LogP contribution in [0.1, 0.15) is 43.9 Å². The molecule has 1 aliphatic rings. The molecule has 3 rings (SSSR count). The molecule has 1 heterocycles. The lowest BCUT2D eigenvalue weighted by Gasteiger charge is -2.26. The number of amides is 1. The highest BCUT2D eigenvalue weighted by molar-refractivity contribution is 5.91. The molecule has 144 valence electrons. The third kappa shape index (κ3) is 4.69. The van der Waals surface area contributed by atoms with Crippen molar-refractivity contribution in [3.63, 3.8) is 0 Å². The molecule has 1 atom stereocenters. The summed E-state index contributed by atoms with van der Waals surface area (Å²) in [5, 5.41) is 3.05. The van der Waals surface area contributed by atoms with E-state index in [1.807, 2.05) is 30.3 Å². The largest absolute Gasteiger partial charge is 0.496 e. The average molecular weight is 367 g/mol. The van der Waals surface area contributed by atoms with Crippen LogP contribution < -0.4 is 10.1 Å². The number of nitrogens with one attached hydrogen (secondary N) is 1. The molecule has 27 heavy (non-hydrogen) atoms. The van der Waals surface area contributed by atoms with Gasteiger partial charge in [-0.05, 0) is 54.2 Å². The van der Waals surface area contributed by atoms with Gasteiger partial charge in [0.05, 0.1) is 7.11 Å². The van der Waals surface area contributed by atoms with Crippen molar-refractivity contribution in [3.8, 4) is 5.75 Å². The number of carbonyl (C=O) groups excluding carboxylic acids is 1. The molecular formula is C23H30N2O2. The molecule has 1 N–H and O–H groups in total. The monoisotopic (exact) mass is 366 g/mol. The minimum atomic E-state index is 0.0336. The lowest BCUT2D eigenvalue weighted by molar-refractivity contribution is -0.116. The van der Waals surface area contributed by atoms with Gasteiger partial charge in [0.15, 0.2) is 0 Å². The van der Waals surface area contributed by atoms with Crippen molar-refractivity contribution in [2.45, 2.75) is 52.7 Å². The summed E-state index contributed by atoms with van der Waals surface area (Å²) in [6, 6.07) is 14.7. The van der Waals surface area contributed by atoms with Gasteiger partial charge in [-0.15, -0.1) is 0 Å². The second kappa shape index (κ2) is 8.57. The Morgan fingerprint density at radius 2 is 1.85 bits per heavy atom. The highest BCUT2D eigenvalue weighted by Gasteiger charge is 2.25. The Labute approximate surface area is 162 Å². The zero-order chi connectivity index (χ0) is 19.4. The number of anilines is 1. The first-order valence-electron chi connectivity index (χ1n) is 9.75. The lowest BCUT2D eigenvalue weighted by Crippen LogP contribution is -2.32. The smallest absolute Gasteiger partial charge is 0.224 e. The van der Waals surface area contributed by atoms with E-state index in [9.17, 15) is 4.79 Å². The van der Waals surface area contributed by atoms with Gasteiger partial charge in [0.25, 0.3) is 0 Å². The highest BCUT2D eigenvalue weighted by atomic mass is 16.5. The normalized spacial score (nSPS) is 14.9. The molecule has 0 bridgehead atoms. The third-order valence-corrected chi connectivity index (χ3v) is 5.59. The standard InChI is InChI=1S/C23H30N2O2/c1-16(2)17(3)25-14-19-9-11-21(13-20(19)15-25)24-23(26)12-10-18-7-5-6-8-22(18)27-4/h5-9,11,13,16-17H,10,12,14-15H2,1-4H3,(H,24,26). The van der Waals surface area contributed by atoms with Crippen molar-refractivity contribution >= 4 is 11.6 Å². The molecule has 0 radical (unpaired) electrons. The first kappa shape index (κ1) is 19.4. The van der Waals surface area contributed by atoms with E-state index in [0.717, 1.165) is 30.1 Å². The number of methoxy groups -OCH3 is 1. The quantitative estimate of drug-likeness (QED) is 0.777. The van der Waals surface area contributed by atoms with Crippen LogP contribution in [-0.2, 0) is 24.3 Å². The number of rotatable bonds is 7. The van der Waals surface area contributed by atoms with Gasteiger partial charge in [0, 0.05) is 31.2 Å². The predicted octanol–water partition coefficient (Wildman–Crippen LogP) is 4.63. The number of aryl methyl sites for hydroxylation is 1. The maximum absolute atomic E-state index is 12.4. The second-order valence-electron chi connectivity index (χ2n) is 7.73. The molecule has 1 unspecified atom stereocenters. The first-order valence-corrected chi connectivity index (χ1v) is 9.75. The van der Waals surface area contributed by atoms with E-state index in [-0.39, 0.29) is 5.91 Å². The van der Waals surface area contributed by atoms with Crippen molar-refractivity contribution in [2.75, 3.05) is 12.4 Å². The van der Waals surface area contributed by atoms with Crippen LogP contribution in [-0.4, -0.2) is 24.0 Å². The van der Waals surface area contributed by atoms with E-state index in [1.165, 1.54) is 11.1 Å². The van der Waals surface area contributed by atoms with Gasteiger partial charge in [-0.25, -0.2) is 0 Å². The SMILES string of the molecule is COc1ccccc1CCC(=O)Nc1ccc2c(c1)CN(C(C)C(C)C)C2. The lowest BCUT2D eigenvalue weighted by atomic mass is 10.1. The minimum absolute atomic E-state index is 0.0336. The fraction of sp³-hybridized carbons (Fsp3) is 0.435. The molecule has 0 fully saturated rings. The van der Waals surface area contributed by atoms with Crippen LogP contribution in [0.3, 0.4) is 0 Å². The van der Waals surface area contributed by atoms with Crippen LogP contribution in [0.2, 0.25) is 0 Å². The van der Waals surface area contributed by atoms with Crippen LogP contribution in [0.4, 0.5) is 5.69 Å². The van der Waals surface area contributed by atoms with E-state index in [2.05, 4.69) is 43.1 Å². The van der Waals surface area contributed by atoms with Crippen molar-refractivity contribution in [1.29, 1.82) is 0 Å². The maximum Gasteiger partial charge on any atom is 0.224 e. The number of ether oxygens (including phenoxy) is 1. The summed E-state index contributed by atoms with van der Waals surface area (Å²) in [5.74, 6) is 1.50. The summed E-state index contributed by atoms with van der Waals surface area (Å²) in [6.45, 7) is 8.77.